The van der Waals surface area contributed by atoms with Crippen LogP contribution in [0.2, 0.25) is 0 Å². The number of aromatic nitrogens is 2. The zero-order valence-corrected chi connectivity index (χ0v) is 12.8. The van der Waals surface area contributed by atoms with Crippen molar-refractivity contribution in [3.8, 4) is 0 Å². The molecule has 0 saturated carbocycles. The van der Waals surface area contributed by atoms with Crippen molar-refractivity contribution < 1.29 is 0 Å². The Morgan fingerprint density at radius 1 is 1.32 bits per heavy atom. The average molecular weight is 264 g/mol. The summed E-state index contributed by atoms with van der Waals surface area (Å²) >= 11 is 0. The fraction of sp³-hybridized carbons (Fsp3) is 0.800. The van der Waals surface area contributed by atoms with Crippen molar-refractivity contribution in [3.63, 3.8) is 0 Å². The highest BCUT2D eigenvalue weighted by Gasteiger charge is 2.17. The normalized spacial score (nSPS) is 18.9. The molecule has 1 aliphatic heterocycles. The maximum Gasteiger partial charge on any atom is 0.0543 e. The van der Waals surface area contributed by atoms with Gasteiger partial charge in [-0.05, 0) is 53.6 Å². The third kappa shape index (κ3) is 4.05. The molecule has 1 fully saturated rings. The molecule has 0 aromatic carbocycles. The highest BCUT2D eigenvalue weighted by atomic mass is 15.3. The first-order valence-corrected chi connectivity index (χ1v) is 7.45. The van der Waals surface area contributed by atoms with Crippen LogP contribution in [0, 0.1) is 0 Å². The summed E-state index contributed by atoms with van der Waals surface area (Å²) in [7, 11) is 0. The molecule has 2 heterocycles. The van der Waals surface area contributed by atoms with Crippen molar-refractivity contribution >= 4 is 0 Å². The topological polar surface area (TPSA) is 33.1 Å². The minimum absolute atomic E-state index is 0.0705. The van der Waals surface area contributed by atoms with Crippen molar-refractivity contribution in [2.24, 2.45) is 0 Å². The molecule has 1 saturated heterocycles. The molecular formula is C15H28N4. The summed E-state index contributed by atoms with van der Waals surface area (Å²) in [5.41, 5.74) is 1.34. The molecule has 0 spiro atoms. The van der Waals surface area contributed by atoms with Gasteiger partial charge in [0.25, 0.3) is 0 Å². The highest BCUT2D eigenvalue weighted by molar-refractivity contribution is 5.04. The van der Waals surface area contributed by atoms with Crippen LogP contribution in [0.4, 0.5) is 0 Å². The molecule has 0 aliphatic carbocycles. The van der Waals surface area contributed by atoms with E-state index in [2.05, 4.69) is 49.2 Å². The van der Waals surface area contributed by atoms with E-state index in [4.69, 9.17) is 0 Å². The van der Waals surface area contributed by atoms with Gasteiger partial charge in [-0.25, -0.2) is 0 Å². The van der Waals surface area contributed by atoms with Crippen molar-refractivity contribution in [1.82, 2.24) is 20.0 Å². The first-order valence-electron chi connectivity index (χ1n) is 7.45. The van der Waals surface area contributed by atoms with Gasteiger partial charge in [0.1, 0.15) is 0 Å². The van der Waals surface area contributed by atoms with Crippen LogP contribution < -0.4 is 5.32 Å². The molecule has 2 rings (SSSR count). The summed E-state index contributed by atoms with van der Waals surface area (Å²) in [6.07, 6.45) is 6.84. The van der Waals surface area contributed by atoms with Gasteiger partial charge in [-0.3, -0.25) is 9.58 Å². The van der Waals surface area contributed by atoms with Crippen LogP contribution in [0.5, 0.6) is 0 Å². The van der Waals surface area contributed by atoms with Gasteiger partial charge >= 0.3 is 0 Å². The maximum absolute atomic E-state index is 4.43. The van der Waals surface area contributed by atoms with Crippen LogP contribution in [0.15, 0.2) is 12.4 Å². The molecule has 1 unspecified atom stereocenters. The van der Waals surface area contributed by atoms with E-state index in [-0.39, 0.29) is 5.54 Å². The van der Waals surface area contributed by atoms with Crippen LogP contribution in [0.1, 0.15) is 46.1 Å². The lowest BCUT2D eigenvalue weighted by molar-refractivity contribution is 0.251. The van der Waals surface area contributed by atoms with E-state index in [1.54, 1.807) is 0 Å². The average Bonchev–Trinajstić information content (AvgIpc) is 2.99. The second-order valence-corrected chi connectivity index (χ2v) is 6.69. The van der Waals surface area contributed by atoms with Gasteiger partial charge in [-0.2, -0.15) is 5.10 Å². The summed E-state index contributed by atoms with van der Waals surface area (Å²) in [5, 5.41) is 7.98. The Morgan fingerprint density at radius 3 is 2.58 bits per heavy atom. The van der Waals surface area contributed by atoms with Crippen LogP contribution >= 0.6 is 0 Å². The molecule has 1 aromatic rings. The summed E-state index contributed by atoms with van der Waals surface area (Å²) in [6.45, 7) is 13.3. The fourth-order valence-corrected chi connectivity index (χ4v) is 2.56. The zero-order chi connectivity index (χ0) is 13.9. The standard InChI is InChI=1S/C15H28N4/c1-13(18-7-5-6-8-18)9-16-10-14-11-17-19(12-14)15(2,3)4/h11-13,16H,5-10H2,1-4H3. The molecule has 0 radical (unpaired) electrons. The van der Waals surface area contributed by atoms with Crippen LogP contribution in [0.3, 0.4) is 0 Å². The predicted octanol–water partition coefficient (Wildman–Crippen LogP) is 2.21. The van der Waals surface area contributed by atoms with Crippen LogP contribution in [0.25, 0.3) is 0 Å². The summed E-state index contributed by atoms with van der Waals surface area (Å²) < 4.78 is 2.04. The van der Waals surface area contributed by atoms with Gasteiger partial charge in [0.15, 0.2) is 0 Å². The van der Waals surface area contributed by atoms with Gasteiger partial charge in [-0.1, -0.05) is 0 Å². The molecule has 1 atom stereocenters. The SMILES string of the molecule is CC(CNCc1cnn(C(C)(C)C)c1)N1CCCC1. The van der Waals surface area contributed by atoms with Crippen molar-refractivity contribution in [2.45, 2.75) is 58.7 Å². The Balaban J connectivity index is 1.74. The Hall–Kier alpha value is -0.870. The highest BCUT2D eigenvalue weighted by Crippen LogP contribution is 2.13. The van der Waals surface area contributed by atoms with Gasteiger partial charge in [0, 0.05) is 30.9 Å². The van der Waals surface area contributed by atoms with Gasteiger partial charge in [0.05, 0.1) is 11.7 Å². The predicted molar refractivity (Wildman–Crippen MR) is 79.2 cm³/mol. The molecule has 4 nitrogen and oxygen atoms in total. The number of nitrogens with one attached hydrogen (secondary N) is 1. The Morgan fingerprint density at radius 2 is 2.00 bits per heavy atom. The van der Waals surface area contributed by atoms with Crippen LogP contribution in [-0.2, 0) is 12.1 Å². The summed E-state index contributed by atoms with van der Waals surface area (Å²) in [5.74, 6) is 0. The van der Waals surface area contributed by atoms with E-state index in [9.17, 15) is 0 Å². The summed E-state index contributed by atoms with van der Waals surface area (Å²) in [6, 6.07) is 0.639. The second-order valence-electron chi connectivity index (χ2n) is 6.69. The lowest BCUT2D eigenvalue weighted by Crippen LogP contribution is -2.38. The molecule has 0 amide bonds. The molecule has 19 heavy (non-hydrogen) atoms. The molecule has 108 valence electrons. The molecule has 1 aromatic heterocycles. The quantitative estimate of drug-likeness (QED) is 0.885. The number of hydrogen-bond acceptors (Lipinski definition) is 3. The summed E-state index contributed by atoms with van der Waals surface area (Å²) in [4.78, 5) is 2.57. The molecular weight excluding hydrogens is 236 g/mol. The molecule has 4 heteroatoms. The molecule has 1 N–H and O–H groups in total. The first kappa shape index (κ1) is 14.5. The largest absolute Gasteiger partial charge is 0.311 e. The molecule has 1 aliphatic rings. The number of hydrogen-bond donors (Lipinski definition) is 1. The van der Waals surface area contributed by atoms with Crippen molar-refractivity contribution in [2.75, 3.05) is 19.6 Å². The molecule has 0 bridgehead atoms. The van der Waals surface area contributed by atoms with Crippen molar-refractivity contribution in [3.05, 3.63) is 18.0 Å². The first-order chi connectivity index (χ1) is 8.97. The van der Waals surface area contributed by atoms with Crippen LogP contribution in [-0.4, -0.2) is 40.4 Å². The van der Waals surface area contributed by atoms with E-state index in [1.165, 1.54) is 31.5 Å². The van der Waals surface area contributed by atoms with Gasteiger partial charge in [0.2, 0.25) is 0 Å². The maximum atomic E-state index is 4.43. The minimum Gasteiger partial charge on any atom is -0.311 e. The third-order valence-electron chi connectivity index (χ3n) is 3.86. The Kier molecular flexibility index (Phi) is 4.63. The zero-order valence-electron chi connectivity index (χ0n) is 12.8. The van der Waals surface area contributed by atoms with Gasteiger partial charge in [-0.15, -0.1) is 0 Å². The van der Waals surface area contributed by atoms with Gasteiger partial charge < -0.3 is 5.32 Å². The van der Waals surface area contributed by atoms with E-state index in [0.29, 0.717) is 6.04 Å². The Bertz CT molecular complexity index is 385. The van der Waals surface area contributed by atoms with E-state index in [0.717, 1.165) is 13.1 Å². The number of nitrogens with zero attached hydrogens (tertiary/aromatic N) is 3. The third-order valence-corrected chi connectivity index (χ3v) is 3.86. The minimum atomic E-state index is 0.0705. The monoisotopic (exact) mass is 264 g/mol. The smallest absolute Gasteiger partial charge is 0.0543 e. The Labute approximate surface area is 117 Å². The number of likely N-dealkylation sites (tertiary alicyclic amines) is 1. The second kappa shape index (κ2) is 6.06. The fourth-order valence-electron chi connectivity index (χ4n) is 2.56. The lowest BCUT2D eigenvalue weighted by atomic mass is 10.1. The van der Waals surface area contributed by atoms with E-state index < -0.39 is 0 Å². The number of rotatable bonds is 5. The van der Waals surface area contributed by atoms with E-state index in [1.807, 2.05) is 10.9 Å². The lowest BCUT2D eigenvalue weighted by Gasteiger charge is -2.23. The van der Waals surface area contributed by atoms with E-state index >= 15 is 0 Å². The van der Waals surface area contributed by atoms with Crippen molar-refractivity contribution in [1.29, 1.82) is 0 Å².